The van der Waals surface area contributed by atoms with E-state index in [4.69, 9.17) is 5.73 Å². The predicted octanol–water partition coefficient (Wildman–Crippen LogP) is 2.64. The molecule has 0 spiro atoms. The minimum atomic E-state index is 0.585. The van der Waals surface area contributed by atoms with Crippen LogP contribution in [0.2, 0.25) is 0 Å². The third-order valence-electron chi connectivity index (χ3n) is 6.33. The fraction of sp³-hybridized carbons (Fsp3) is 0.824. The van der Waals surface area contributed by atoms with E-state index in [0.717, 1.165) is 48.5 Å². The Labute approximate surface area is 121 Å². The van der Waals surface area contributed by atoms with Crippen molar-refractivity contribution in [2.24, 2.45) is 28.9 Å². The topological polar surface area (TPSA) is 53.1 Å². The number of hydrogen-bond donors (Lipinski definition) is 1. The Morgan fingerprint density at radius 3 is 2.30 bits per heavy atom. The molecule has 0 unspecified atom stereocenters. The zero-order valence-corrected chi connectivity index (χ0v) is 12.3. The molecule has 20 heavy (non-hydrogen) atoms. The van der Waals surface area contributed by atoms with Crippen molar-refractivity contribution >= 4 is 0 Å². The molecule has 0 aromatic rings. The summed E-state index contributed by atoms with van der Waals surface area (Å²) in [5, 5.41) is 9.19. The molecule has 4 fully saturated rings. The van der Waals surface area contributed by atoms with Crippen LogP contribution in [0, 0.1) is 34.5 Å². The predicted molar refractivity (Wildman–Crippen MR) is 78.5 cm³/mol. The second-order valence-electron chi connectivity index (χ2n) is 7.99. The van der Waals surface area contributed by atoms with E-state index in [1.54, 1.807) is 0 Å². The van der Waals surface area contributed by atoms with Crippen molar-refractivity contribution in [1.82, 2.24) is 4.90 Å². The van der Waals surface area contributed by atoms with Gasteiger partial charge in [0.15, 0.2) is 0 Å². The smallest absolute Gasteiger partial charge is 0.0979 e. The molecule has 108 valence electrons. The number of nitrogens with zero attached hydrogens (tertiary/aromatic N) is 2. The summed E-state index contributed by atoms with van der Waals surface area (Å²) in [4.78, 5) is 2.52. The fourth-order valence-corrected chi connectivity index (χ4v) is 6.03. The van der Waals surface area contributed by atoms with E-state index in [2.05, 4.69) is 11.0 Å². The van der Waals surface area contributed by atoms with Gasteiger partial charge in [0.1, 0.15) is 0 Å². The zero-order chi connectivity index (χ0) is 13.7. The first-order chi connectivity index (χ1) is 9.66. The average molecular weight is 271 g/mol. The van der Waals surface area contributed by atoms with Gasteiger partial charge >= 0.3 is 0 Å². The first-order valence-electron chi connectivity index (χ1n) is 8.26. The van der Waals surface area contributed by atoms with Crippen molar-refractivity contribution in [3.05, 3.63) is 11.3 Å². The molecule has 0 aromatic carbocycles. The van der Waals surface area contributed by atoms with E-state index in [1.165, 1.54) is 45.1 Å². The molecule has 3 heteroatoms. The van der Waals surface area contributed by atoms with Crippen LogP contribution < -0.4 is 5.73 Å². The van der Waals surface area contributed by atoms with Crippen LogP contribution in [0.1, 0.15) is 44.9 Å². The van der Waals surface area contributed by atoms with E-state index in [-0.39, 0.29) is 0 Å². The Balaban J connectivity index is 1.49. The maximum atomic E-state index is 9.19. The average Bonchev–Trinajstić information content (AvgIpc) is 2.39. The minimum Gasteiger partial charge on any atom is -0.401 e. The van der Waals surface area contributed by atoms with Gasteiger partial charge in [-0.3, -0.25) is 4.90 Å². The maximum Gasteiger partial charge on any atom is 0.0979 e. The minimum absolute atomic E-state index is 0.585. The van der Waals surface area contributed by atoms with Crippen LogP contribution in [0.3, 0.4) is 0 Å². The van der Waals surface area contributed by atoms with Crippen LogP contribution in [0.15, 0.2) is 11.3 Å². The second-order valence-corrected chi connectivity index (χ2v) is 7.99. The van der Waals surface area contributed by atoms with Crippen LogP contribution in [0.5, 0.6) is 0 Å². The molecule has 0 radical (unpaired) electrons. The van der Waals surface area contributed by atoms with Crippen LogP contribution in [0.25, 0.3) is 0 Å². The van der Waals surface area contributed by atoms with Gasteiger partial charge < -0.3 is 5.73 Å². The molecule has 3 nitrogen and oxygen atoms in total. The highest BCUT2D eigenvalue weighted by molar-refractivity contribution is 5.29. The second kappa shape index (κ2) is 4.49. The van der Waals surface area contributed by atoms with Crippen LogP contribution in [0.4, 0.5) is 0 Å². The van der Waals surface area contributed by atoms with Crippen LogP contribution >= 0.6 is 0 Å². The number of nitrogens with two attached hydrogens (primary N) is 1. The SMILES string of the molecule is N#CC1=C(N)CCN(CC23CC4CC(CC(C4)C2)C3)C1. The van der Waals surface area contributed by atoms with E-state index >= 15 is 0 Å². The lowest BCUT2D eigenvalue weighted by atomic mass is 9.49. The summed E-state index contributed by atoms with van der Waals surface area (Å²) in [7, 11) is 0. The fourth-order valence-electron chi connectivity index (χ4n) is 6.03. The van der Waals surface area contributed by atoms with Gasteiger partial charge in [-0.15, -0.1) is 0 Å². The first kappa shape index (κ1) is 12.7. The lowest BCUT2D eigenvalue weighted by Gasteiger charge is -2.58. The zero-order valence-electron chi connectivity index (χ0n) is 12.3. The van der Waals surface area contributed by atoms with Gasteiger partial charge in [-0.05, 0) is 61.7 Å². The molecule has 0 atom stereocenters. The molecule has 0 aromatic heterocycles. The number of hydrogen-bond acceptors (Lipinski definition) is 3. The lowest BCUT2D eigenvalue weighted by Crippen LogP contribution is -2.52. The van der Waals surface area contributed by atoms with E-state index in [1.807, 2.05) is 0 Å². The summed E-state index contributed by atoms with van der Waals surface area (Å²) in [5.41, 5.74) is 8.18. The molecule has 2 N–H and O–H groups in total. The van der Waals surface area contributed by atoms with E-state index in [0.29, 0.717) is 5.41 Å². The van der Waals surface area contributed by atoms with Gasteiger partial charge in [0, 0.05) is 31.8 Å². The maximum absolute atomic E-state index is 9.19. The molecule has 1 heterocycles. The quantitative estimate of drug-likeness (QED) is 0.840. The van der Waals surface area contributed by atoms with Gasteiger partial charge in [-0.25, -0.2) is 0 Å². The van der Waals surface area contributed by atoms with Gasteiger partial charge in [0.25, 0.3) is 0 Å². The number of nitriles is 1. The molecular weight excluding hydrogens is 246 g/mol. The molecule has 0 amide bonds. The summed E-state index contributed by atoms with van der Waals surface area (Å²) in [6.45, 7) is 3.07. The number of rotatable bonds is 2. The highest BCUT2D eigenvalue weighted by Gasteiger charge is 2.51. The first-order valence-corrected chi connectivity index (χ1v) is 8.26. The molecule has 5 aliphatic rings. The van der Waals surface area contributed by atoms with Crippen molar-refractivity contribution in [2.75, 3.05) is 19.6 Å². The molecule has 4 aliphatic carbocycles. The van der Waals surface area contributed by atoms with Gasteiger partial charge in [-0.2, -0.15) is 5.26 Å². The Kier molecular flexibility index (Phi) is 2.86. The van der Waals surface area contributed by atoms with Crippen LogP contribution in [-0.4, -0.2) is 24.5 Å². The Hall–Kier alpha value is -1.01. The Morgan fingerprint density at radius 1 is 1.15 bits per heavy atom. The Morgan fingerprint density at radius 2 is 1.75 bits per heavy atom. The van der Waals surface area contributed by atoms with Crippen LogP contribution in [-0.2, 0) is 0 Å². The largest absolute Gasteiger partial charge is 0.401 e. The third-order valence-corrected chi connectivity index (χ3v) is 6.33. The van der Waals surface area contributed by atoms with Crippen molar-refractivity contribution in [2.45, 2.75) is 44.9 Å². The van der Waals surface area contributed by atoms with Crippen molar-refractivity contribution in [3.8, 4) is 6.07 Å². The van der Waals surface area contributed by atoms with Gasteiger partial charge in [0.2, 0.25) is 0 Å². The summed E-state index contributed by atoms with van der Waals surface area (Å²) >= 11 is 0. The normalized spacial score (nSPS) is 43.9. The molecule has 0 saturated heterocycles. The summed E-state index contributed by atoms with van der Waals surface area (Å²) < 4.78 is 0. The molecule has 4 bridgehead atoms. The molecule has 5 rings (SSSR count). The molecule has 4 saturated carbocycles. The monoisotopic (exact) mass is 271 g/mol. The summed E-state index contributed by atoms with van der Waals surface area (Å²) in [6.07, 6.45) is 9.78. The van der Waals surface area contributed by atoms with Crippen molar-refractivity contribution in [1.29, 1.82) is 5.26 Å². The standard InChI is InChI=1S/C17H25N3/c18-9-15-10-20(2-1-16(15)19)11-17-6-12-3-13(7-17)5-14(4-12)8-17/h12-14H,1-8,10-11,19H2. The summed E-state index contributed by atoms with van der Waals surface area (Å²) in [6, 6.07) is 2.30. The third kappa shape index (κ3) is 2.05. The molecular formula is C17H25N3. The lowest BCUT2D eigenvalue weighted by molar-refractivity contribution is -0.0684. The van der Waals surface area contributed by atoms with Crippen molar-refractivity contribution in [3.63, 3.8) is 0 Å². The highest BCUT2D eigenvalue weighted by Crippen LogP contribution is 2.60. The van der Waals surface area contributed by atoms with Gasteiger partial charge in [0.05, 0.1) is 11.6 Å². The summed E-state index contributed by atoms with van der Waals surface area (Å²) in [5.74, 6) is 3.05. The Bertz CT molecular complexity index is 450. The highest BCUT2D eigenvalue weighted by atomic mass is 15.1. The molecule has 1 aliphatic heterocycles. The van der Waals surface area contributed by atoms with E-state index < -0.39 is 0 Å². The van der Waals surface area contributed by atoms with E-state index in [9.17, 15) is 5.26 Å². The van der Waals surface area contributed by atoms with Crippen molar-refractivity contribution < 1.29 is 0 Å². The van der Waals surface area contributed by atoms with Gasteiger partial charge in [-0.1, -0.05) is 0 Å².